The molecule has 0 unspecified atom stereocenters. The Morgan fingerprint density at radius 2 is 1.24 bits per heavy atom. The van der Waals surface area contributed by atoms with Crippen molar-refractivity contribution >= 4 is 43.2 Å². The molecule has 2 aromatic carbocycles. The van der Waals surface area contributed by atoms with Crippen LogP contribution in [-0.2, 0) is 0 Å². The van der Waals surface area contributed by atoms with Crippen LogP contribution in [0, 0.1) is 13.8 Å². The Morgan fingerprint density at radius 3 is 1.57 bits per heavy atom. The number of anilines is 2. The lowest BCUT2D eigenvalue weighted by Gasteiger charge is -2.23. The molecule has 3 rings (SSSR count). The van der Waals surface area contributed by atoms with E-state index in [2.05, 4.69) is 92.7 Å². The molecule has 1 saturated carbocycles. The second kappa shape index (κ2) is 5.65. The molecule has 0 aromatic heterocycles. The summed E-state index contributed by atoms with van der Waals surface area (Å²) in [7, 11) is 0. The van der Waals surface area contributed by atoms with Gasteiger partial charge in [0.1, 0.15) is 5.66 Å². The van der Waals surface area contributed by atoms with Crippen molar-refractivity contribution < 1.29 is 0 Å². The first-order valence-electron chi connectivity index (χ1n) is 7.06. The lowest BCUT2D eigenvalue weighted by Crippen LogP contribution is -2.31. The highest BCUT2D eigenvalue weighted by Gasteiger charge is 2.43. The topological polar surface area (TPSA) is 24.1 Å². The lowest BCUT2D eigenvalue weighted by atomic mass is 10.2. The van der Waals surface area contributed by atoms with Gasteiger partial charge in [-0.2, -0.15) is 0 Å². The average Bonchev–Trinajstić information content (AvgIpc) is 3.17. The molecule has 1 aliphatic carbocycles. The van der Waals surface area contributed by atoms with Gasteiger partial charge in [0.05, 0.1) is 11.4 Å². The van der Waals surface area contributed by atoms with Crippen molar-refractivity contribution in [1.82, 2.24) is 0 Å². The fourth-order valence-electron chi connectivity index (χ4n) is 2.36. The number of nitrogens with one attached hydrogen (secondary N) is 2. The van der Waals surface area contributed by atoms with E-state index in [0.29, 0.717) is 0 Å². The molecule has 4 heteroatoms. The number of rotatable bonds is 4. The predicted molar refractivity (Wildman–Crippen MR) is 97.0 cm³/mol. The molecule has 0 atom stereocenters. The minimum Gasteiger partial charge on any atom is -0.362 e. The number of halogens is 2. The second-order valence-electron chi connectivity index (χ2n) is 5.80. The predicted octanol–water partition coefficient (Wildman–Crippen LogP) is 5.84. The first kappa shape index (κ1) is 14.9. The number of benzene rings is 2. The molecule has 0 amide bonds. The van der Waals surface area contributed by atoms with Gasteiger partial charge in [0.25, 0.3) is 0 Å². The number of hydrogen-bond acceptors (Lipinski definition) is 2. The summed E-state index contributed by atoms with van der Waals surface area (Å²) in [6.45, 7) is 4.20. The number of aryl methyl sites for hydroxylation is 2. The molecule has 0 aliphatic heterocycles. The van der Waals surface area contributed by atoms with Gasteiger partial charge in [0, 0.05) is 8.95 Å². The molecule has 0 spiro atoms. The summed E-state index contributed by atoms with van der Waals surface area (Å²) >= 11 is 7.27. The SMILES string of the molecule is Cc1ccc(NC2(Nc3ccc(C)cc3Br)CC2)c(Br)c1. The maximum Gasteiger partial charge on any atom is 0.108 e. The summed E-state index contributed by atoms with van der Waals surface area (Å²) in [5.74, 6) is 0. The Balaban J connectivity index is 1.78. The van der Waals surface area contributed by atoms with E-state index in [-0.39, 0.29) is 5.66 Å². The summed E-state index contributed by atoms with van der Waals surface area (Å²) in [5, 5.41) is 7.27. The summed E-state index contributed by atoms with van der Waals surface area (Å²) < 4.78 is 2.22. The minimum atomic E-state index is -0.0322. The average molecular weight is 410 g/mol. The van der Waals surface area contributed by atoms with Crippen molar-refractivity contribution in [1.29, 1.82) is 0 Å². The third-order valence-electron chi connectivity index (χ3n) is 3.75. The molecule has 0 bridgehead atoms. The summed E-state index contributed by atoms with van der Waals surface area (Å²) in [6, 6.07) is 12.8. The summed E-state index contributed by atoms with van der Waals surface area (Å²) in [5.41, 5.74) is 4.75. The van der Waals surface area contributed by atoms with Gasteiger partial charge in [-0.3, -0.25) is 0 Å². The van der Waals surface area contributed by atoms with Gasteiger partial charge in [-0.15, -0.1) is 0 Å². The normalized spacial score (nSPS) is 15.6. The van der Waals surface area contributed by atoms with Crippen molar-refractivity contribution in [2.45, 2.75) is 32.4 Å². The van der Waals surface area contributed by atoms with Gasteiger partial charge in [-0.05, 0) is 93.9 Å². The Hall–Kier alpha value is -1.000. The zero-order valence-corrected chi connectivity index (χ0v) is 15.3. The molecule has 2 N–H and O–H groups in total. The summed E-state index contributed by atoms with van der Waals surface area (Å²) in [4.78, 5) is 0. The molecule has 0 heterocycles. The van der Waals surface area contributed by atoms with E-state index in [1.807, 2.05) is 0 Å². The highest BCUT2D eigenvalue weighted by molar-refractivity contribution is 9.11. The molecule has 0 radical (unpaired) electrons. The fraction of sp³-hybridized carbons (Fsp3) is 0.294. The third kappa shape index (κ3) is 3.43. The Kier molecular flexibility index (Phi) is 4.02. The van der Waals surface area contributed by atoms with Crippen molar-refractivity contribution in [3.8, 4) is 0 Å². The van der Waals surface area contributed by atoms with E-state index in [0.717, 1.165) is 33.2 Å². The standard InChI is InChI=1S/C17H18Br2N2/c1-11-3-5-15(13(18)9-11)20-17(7-8-17)21-16-6-4-12(2)10-14(16)19/h3-6,9-10,20-21H,7-8H2,1-2H3. The van der Waals surface area contributed by atoms with Gasteiger partial charge in [-0.25, -0.2) is 0 Å². The van der Waals surface area contributed by atoms with Crippen LogP contribution in [0.1, 0.15) is 24.0 Å². The second-order valence-corrected chi connectivity index (χ2v) is 7.51. The summed E-state index contributed by atoms with van der Waals surface area (Å²) in [6.07, 6.45) is 2.24. The van der Waals surface area contributed by atoms with Crippen LogP contribution in [0.4, 0.5) is 11.4 Å². The molecular formula is C17H18Br2N2. The maximum absolute atomic E-state index is 3.64. The molecule has 0 saturated heterocycles. The monoisotopic (exact) mass is 408 g/mol. The molecule has 1 aliphatic rings. The Morgan fingerprint density at radius 1 is 0.810 bits per heavy atom. The van der Waals surface area contributed by atoms with E-state index in [9.17, 15) is 0 Å². The first-order valence-corrected chi connectivity index (χ1v) is 8.65. The lowest BCUT2D eigenvalue weighted by molar-refractivity contribution is 0.846. The minimum absolute atomic E-state index is 0.0322. The van der Waals surface area contributed by atoms with E-state index in [1.54, 1.807) is 0 Å². The maximum atomic E-state index is 3.64. The molecule has 2 nitrogen and oxygen atoms in total. The molecular weight excluding hydrogens is 392 g/mol. The van der Waals surface area contributed by atoms with Gasteiger partial charge in [0.2, 0.25) is 0 Å². The first-order chi connectivity index (χ1) is 9.97. The smallest absolute Gasteiger partial charge is 0.108 e. The zero-order chi connectivity index (χ0) is 15.0. The quantitative estimate of drug-likeness (QED) is 0.619. The van der Waals surface area contributed by atoms with Crippen molar-refractivity contribution in [2.75, 3.05) is 10.6 Å². The van der Waals surface area contributed by atoms with Crippen LogP contribution < -0.4 is 10.6 Å². The van der Waals surface area contributed by atoms with Crippen LogP contribution in [0.3, 0.4) is 0 Å². The van der Waals surface area contributed by atoms with Crippen LogP contribution in [0.15, 0.2) is 45.3 Å². The van der Waals surface area contributed by atoms with E-state index < -0.39 is 0 Å². The van der Waals surface area contributed by atoms with Crippen LogP contribution in [-0.4, -0.2) is 5.66 Å². The fourth-order valence-corrected chi connectivity index (χ4v) is 3.55. The van der Waals surface area contributed by atoms with Crippen molar-refractivity contribution in [3.63, 3.8) is 0 Å². The molecule has 2 aromatic rings. The molecule has 1 fully saturated rings. The highest BCUT2D eigenvalue weighted by atomic mass is 79.9. The van der Waals surface area contributed by atoms with E-state index >= 15 is 0 Å². The molecule has 21 heavy (non-hydrogen) atoms. The highest BCUT2D eigenvalue weighted by Crippen LogP contribution is 2.42. The Bertz CT molecular complexity index is 623. The number of hydrogen-bond donors (Lipinski definition) is 2. The van der Waals surface area contributed by atoms with Gasteiger partial charge >= 0.3 is 0 Å². The van der Waals surface area contributed by atoms with Crippen LogP contribution >= 0.6 is 31.9 Å². The van der Waals surface area contributed by atoms with Crippen LogP contribution in [0.25, 0.3) is 0 Å². The van der Waals surface area contributed by atoms with Crippen molar-refractivity contribution in [2.24, 2.45) is 0 Å². The van der Waals surface area contributed by atoms with Gasteiger partial charge in [0.15, 0.2) is 0 Å². The zero-order valence-electron chi connectivity index (χ0n) is 12.1. The van der Waals surface area contributed by atoms with Gasteiger partial charge in [-0.1, -0.05) is 12.1 Å². The molecule has 110 valence electrons. The third-order valence-corrected chi connectivity index (χ3v) is 5.06. The Labute approximate surface area is 142 Å². The van der Waals surface area contributed by atoms with Crippen LogP contribution in [0.2, 0.25) is 0 Å². The van der Waals surface area contributed by atoms with E-state index in [1.165, 1.54) is 11.1 Å². The van der Waals surface area contributed by atoms with Crippen LogP contribution in [0.5, 0.6) is 0 Å². The van der Waals surface area contributed by atoms with Crippen molar-refractivity contribution in [3.05, 3.63) is 56.5 Å². The van der Waals surface area contributed by atoms with E-state index in [4.69, 9.17) is 0 Å². The largest absolute Gasteiger partial charge is 0.362 e. The van der Waals surface area contributed by atoms with Gasteiger partial charge < -0.3 is 10.6 Å².